The molecule has 0 aliphatic rings. The van der Waals surface area contributed by atoms with Crippen LogP contribution < -0.4 is 5.73 Å². The number of aliphatic hydroxyl groups is 1. The lowest BCUT2D eigenvalue weighted by atomic mass is 10.2. The number of thiophene rings is 2. The van der Waals surface area contributed by atoms with Crippen LogP contribution in [0.4, 0.5) is 5.00 Å². The van der Waals surface area contributed by atoms with Crippen LogP contribution in [0.15, 0.2) is 11.4 Å². The van der Waals surface area contributed by atoms with Crippen LogP contribution in [-0.2, 0) is 6.61 Å². The first-order chi connectivity index (χ1) is 5.31. The Morgan fingerprint density at radius 3 is 3.09 bits per heavy atom. The van der Waals surface area contributed by atoms with Crippen molar-refractivity contribution in [2.24, 2.45) is 0 Å². The molecule has 0 fully saturated rings. The van der Waals surface area contributed by atoms with Crippen LogP contribution in [0.1, 0.15) is 5.56 Å². The second-order valence-electron chi connectivity index (χ2n) is 2.27. The average molecular weight is 185 g/mol. The Balaban J connectivity index is 2.73. The van der Waals surface area contributed by atoms with Gasteiger partial charge in [0.05, 0.1) is 15.6 Å². The van der Waals surface area contributed by atoms with E-state index in [0.29, 0.717) is 0 Å². The third-order valence-corrected chi connectivity index (χ3v) is 3.68. The molecule has 2 heterocycles. The molecule has 2 aromatic heterocycles. The van der Waals surface area contributed by atoms with Crippen molar-refractivity contribution < 1.29 is 5.11 Å². The van der Waals surface area contributed by atoms with E-state index in [0.717, 1.165) is 16.0 Å². The van der Waals surface area contributed by atoms with E-state index in [-0.39, 0.29) is 6.61 Å². The zero-order chi connectivity index (χ0) is 7.84. The van der Waals surface area contributed by atoms with Crippen LogP contribution in [0, 0.1) is 0 Å². The van der Waals surface area contributed by atoms with Gasteiger partial charge in [0.2, 0.25) is 0 Å². The Morgan fingerprint density at radius 2 is 2.36 bits per heavy atom. The summed E-state index contributed by atoms with van der Waals surface area (Å²) in [5.74, 6) is 0. The van der Waals surface area contributed by atoms with Crippen LogP contribution in [-0.4, -0.2) is 5.11 Å². The van der Waals surface area contributed by atoms with Crippen LogP contribution in [0.5, 0.6) is 0 Å². The molecule has 0 atom stereocenters. The third kappa shape index (κ3) is 1.03. The fourth-order valence-corrected chi connectivity index (χ4v) is 3.10. The largest absolute Gasteiger partial charge is 0.392 e. The second kappa shape index (κ2) is 2.48. The highest BCUT2D eigenvalue weighted by atomic mass is 32.2. The van der Waals surface area contributed by atoms with Gasteiger partial charge in [0, 0.05) is 5.39 Å². The maximum Gasteiger partial charge on any atom is 0.0890 e. The van der Waals surface area contributed by atoms with Crippen molar-refractivity contribution in [3.8, 4) is 0 Å². The van der Waals surface area contributed by atoms with Crippen molar-refractivity contribution in [1.29, 1.82) is 0 Å². The molecule has 4 heteroatoms. The predicted octanol–water partition coefficient (Wildman–Crippen LogP) is 2.04. The topological polar surface area (TPSA) is 46.2 Å². The zero-order valence-corrected chi connectivity index (χ0v) is 7.34. The lowest BCUT2D eigenvalue weighted by molar-refractivity contribution is 0.284. The second-order valence-corrected chi connectivity index (χ2v) is 4.49. The standard InChI is InChI=1S/C7H7NOS2/c8-6-1-5-4(2-9)3-10-7(5)11-6/h1,3,9H,2,8H2. The fraction of sp³-hybridized carbons (Fsp3) is 0.143. The first-order valence-corrected chi connectivity index (χ1v) is 4.87. The molecule has 0 saturated heterocycles. The summed E-state index contributed by atoms with van der Waals surface area (Å²) in [5.41, 5.74) is 6.59. The van der Waals surface area contributed by atoms with Crippen molar-refractivity contribution >= 4 is 37.1 Å². The summed E-state index contributed by atoms with van der Waals surface area (Å²) in [6.45, 7) is 0.107. The summed E-state index contributed by atoms with van der Waals surface area (Å²) in [5, 5.41) is 12.8. The van der Waals surface area contributed by atoms with Crippen LogP contribution >= 0.6 is 22.7 Å². The summed E-state index contributed by atoms with van der Waals surface area (Å²) < 4.78 is 1.20. The van der Waals surface area contributed by atoms with E-state index in [4.69, 9.17) is 10.8 Å². The van der Waals surface area contributed by atoms with Crippen LogP contribution in [0.2, 0.25) is 0 Å². The minimum Gasteiger partial charge on any atom is -0.392 e. The Kier molecular flexibility index (Phi) is 1.60. The number of rotatable bonds is 1. The van der Waals surface area contributed by atoms with Gasteiger partial charge in [0.1, 0.15) is 0 Å². The van der Waals surface area contributed by atoms with Crippen LogP contribution in [0.3, 0.4) is 0 Å². The zero-order valence-electron chi connectivity index (χ0n) is 5.70. The molecule has 2 rings (SSSR count). The molecule has 0 aromatic carbocycles. The smallest absolute Gasteiger partial charge is 0.0890 e. The van der Waals surface area contributed by atoms with Crippen LogP contribution in [0.25, 0.3) is 9.40 Å². The molecule has 0 aliphatic heterocycles. The van der Waals surface area contributed by atoms with Gasteiger partial charge in [-0.05, 0) is 17.0 Å². The van der Waals surface area contributed by atoms with E-state index >= 15 is 0 Å². The fourth-order valence-electron chi connectivity index (χ4n) is 1.01. The molecule has 0 unspecified atom stereocenters. The summed E-state index contributed by atoms with van der Waals surface area (Å²) in [7, 11) is 0. The first-order valence-electron chi connectivity index (χ1n) is 3.17. The Labute approximate surface area is 71.9 Å². The Hall–Kier alpha value is -0.580. The van der Waals surface area contributed by atoms with Gasteiger partial charge in [-0.2, -0.15) is 0 Å². The number of nitrogen functional groups attached to an aromatic ring is 1. The summed E-state index contributed by atoms with van der Waals surface area (Å²) in [6.07, 6.45) is 0. The highest BCUT2D eigenvalue weighted by Gasteiger charge is 2.05. The normalized spacial score (nSPS) is 11.0. The highest BCUT2D eigenvalue weighted by Crippen LogP contribution is 2.35. The number of aliphatic hydroxyl groups excluding tert-OH is 1. The van der Waals surface area contributed by atoms with Gasteiger partial charge in [-0.1, -0.05) is 0 Å². The van der Waals surface area contributed by atoms with E-state index < -0.39 is 0 Å². The van der Waals surface area contributed by atoms with E-state index in [9.17, 15) is 0 Å². The molecule has 11 heavy (non-hydrogen) atoms. The van der Waals surface area contributed by atoms with Gasteiger partial charge in [0.15, 0.2) is 0 Å². The predicted molar refractivity (Wildman–Crippen MR) is 50.0 cm³/mol. The van der Waals surface area contributed by atoms with E-state index in [2.05, 4.69) is 0 Å². The maximum atomic E-state index is 8.90. The Bertz CT molecular complexity index is 377. The molecular formula is C7H7NOS2. The van der Waals surface area contributed by atoms with Gasteiger partial charge in [0.25, 0.3) is 0 Å². The lowest BCUT2D eigenvalue weighted by Crippen LogP contribution is -1.77. The number of hydrogen-bond acceptors (Lipinski definition) is 4. The van der Waals surface area contributed by atoms with Crippen molar-refractivity contribution in [3.63, 3.8) is 0 Å². The number of hydrogen-bond donors (Lipinski definition) is 2. The van der Waals surface area contributed by atoms with E-state index in [1.807, 2.05) is 11.4 Å². The first kappa shape index (κ1) is 7.09. The molecule has 2 nitrogen and oxygen atoms in total. The van der Waals surface area contributed by atoms with Crippen molar-refractivity contribution in [1.82, 2.24) is 0 Å². The minimum absolute atomic E-state index is 0.107. The molecule has 0 bridgehead atoms. The molecule has 0 radical (unpaired) electrons. The summed E-state index contributed by atoms with van der Waals surface area (Å²) in [4.78, 5) is 0. The van der Waals surface area contributed by atoms with E-state index in [1.165, 1.54) is 4.01 Å². The molecule has 0 saturated carbocycles. The highest BCUT2D eigenvalue weighted by molar-refractivity contribution is 7.39. The van der Waals surface area contributed by atoms with Gasteiger partial charge in [-0.15, -0.1) is 22.7 Å². The quantitative estimate of drug-likeness (QED) is 0.714. The molecule has 2 aromatic rings. The maximum absolute atomic E-state index is 8.90. The molecule has 3 N–H and O–H groups in total. The molecule has 0 spiro atoms. The van der Waals surface area contributed by atoms with Gasteiger partial charge >= 0.3 is 0 Å². The average Bonchev–Trinajstić information content (AvgIpc) is 2.45. The van der Waals surface area contributed by atoms with Crippen molar-refractivity contribution in [2.75, 3.05) is 5.73 Å². The van der Waals surface area contributed by atoms with Gasteiger partial charge in [-0.3, -0.25) is 0 Å². The number of nitrogens with two attached hydrogens (primary N) is 1. The van der Waals surface area contributed by atoms with Crippen molar-refractivity contribution in [2.45, 2.75) is 6.61 Å². The summed E-state index contributed by atoms with van der Waals surface area (Å²) in [6, 6.07) is 1.92. The van der Waals surface area contributed by atoms with E-state index in [1.54, 1.807) is 22.7 Å². The minimum atomic E-state index is 0.107. The number of anilines is 1. The molecular weight excluding hydrogens is 178 g/mol. The molecule has 58 valence electrons. The third-order valence-electron chi connectivity index (χ3n) is 1.54. The van der Waals surface area contributed by atoms with Gasteiger partial charge in [-0.25, -0.2) is 0 Å². The SMILES string of the molecule is Nc1cc2c(CO)csc2s1. The van der Waals surface area contributed by atoms with Gasteiger partial charge < -0.3 is 10.8 Å². The Morgan fingerprint density at radius 1 is 1.55 bits per heavy atom. The summed E-state index contributed by atoms with van der Waals surface area (Å²) >= 11 is 3.21. The molecule has 0 amide bonds. The monoisotopic (exact) mass is 185 g/mol. The van der Waals surface area contributed by atoms with Crippen molar-refractivity contribution in [3.05, 3.63) is 17.0 Å². The number of fused-ring (bicyclic) bond motifs is 1. The molecule has 0 aliphatic carbocycles. The lowest BCUT2D eigenvalue weighted by Gasteiger charge is -1.85.